The lowest BCUT2D eigenvalue weighted by Crippen LogP contribution is -2.40. The summed E-state index contributed by atoms with van der Waals surface area (Å²) in [6.07, 6.45) is 1.00. The van der Waals surface area contributed by atoms with E-state index < -0.39 is 6.10 Å². The fourth-order valence-electron chi connectivity index (χ4n) is 1.60. The van der Waals surface area contributed by atoms with Crippen molar-refractivity contribution in [2.24, 2.45) is 0 Å². The number of aliphatic hydroxyl groups is 1. The normalized spacial score (nSPS) is 11.9. The first kappa shape index (κ1) is 15.7. The van der Waals surface area contributed by atoms with Gasteiger partial charge >= 0.3 is 0 Å². The molecule has 0 aliphatic rings. The van der Waals surface area contributed by atoms with Crippen molar-refractivity contribution in [2.45, 2.75) is 25.9 Å². The van der Waals surface area contributed by atoms with E-state index in [0.717, 1.165) is 6.42 Å². The third-order valence-electron chi connectivity index (χ3n) is 2.62. The summed E-state index contributed by atoms with van der Waals surface area (Å²) in [5.41, 5.74) is 0. The predicted octanol–water partition coefficient (Wildman–Crippen LogP) is 1.10. The Bertz CT molecular complexity index is 406. The minimum Gasteiger partial charge on any atom is -0.391 e. The SMILES string of the molecule is CCCC(O)CNC(=O)CN(C)C(=O)c1cccs1. The van der Waals surface area contributed by atoms with Crippen molar-refractivity contribution in [3.8, 4) is 0 Å². The molecule has 1 rings (SSSR count). The van der Waals surface area contributed by atoms with Gasteiger partial charge in [-0.25, -0.2) is 0 Å². The van der Waals surface area contributed by atoms with Crippen molar-refractivity contribution in [1.82, 2.24) is 10.2 Å². The van der Waals surface area contributed by atoms with E-state index in [9.17, 15) is 14.7 Å². The molecule has 6 heteroatoms. The maximum Gasteiger partial charge on any atom is 0.264 e. The van der Waals surface area contributed by atoms with Crippen molar-refractivity contribution in [3.05, 3.63) is 22.4 Å². The van der Waals surface area contributed by atoms with Crippen LogP contribution < -0.4 is 5.32 Å². The van der Waals surface area contributed by atoms with Crippen LogP contribution in [0, 0.1) is 0 Å². The van der Waals surface area contributed by atoms with Gasteiger partial charge in [-0.05, 0) is 17.9 Å². The van der Waals surface area contributed by atoms with Gasteiger partial charge in [0.25, 0.3) is 5.91 Å². The molecule has 19 heavy (non-hydrogen) atoms. The number of thiophene rings is 1. The van der Waals surface area contributed by atoms with E-state index in [0.29, 0.717) is 11.3 Å². The number of rotatable bonds is 7. The molecule has 5 nitrogen and oxygen atoms in total. The molecule has 106 valence electrons. The summed E-state index contributed by atoms with van der Waals surface area (Å²) < 4.78 is 0. The van der Waals surface area contributed by atoms with Gasteiger partial charge < -0.3 is 15.3 Å². The second-order valence-corrected chi connectivity index (χ2v) is 5.33. The largest absolute Gasteiger partial charge is 0.391 e. The summed E-state index contributed by atoms with van der Waals surface area (Å²) in [5, 5.41) is 13.9. The van der Waals surface area contributed by atoms with Gasteiger partial charge in [-0.15, -0.1) is 11.3 Å². The standard InChI is InChI=1S/C13H20N2O3S/c1-3-5-10(16)8-14-12(17)9-15(2)13(18)11-6-4-7-19-11/h4,6-7,10,16H,3,5,8-9H2,1-2H3,(H,14,17). The van der Waals surface area contributed by atoms with E-state index in [1.54, 1.807) is 19.2 Å². The van der Waals surface area contributed by atoms with Crippen LogP contribution in [-0.4, -0.2) is 48.1 Å². The number of hydrogen-bond acceptors (Lipinski definition) is 4. The molecular formula is C13H20N2O3S. The van der Waals surface area contributed by atoms with Crippen LogP contribution in [0.5, 0.6) is 0 Å². The molecule has 2 amide bonds. The van der Waals surface area contributed by atoms with Crippen LogP contribution in [0.25, 0.3) is 0 Å². The molecular weight excluding hydrogens is 264 g/mol. The average molecular weight is 284 g/mol. The lowest BCUT2D eigenvalue weighted by Gasteiger charge is -2.17. The van der Waals surface area contributed by atoms with Crippen molar-refractivity contribution in [1.29, 1.82) is 0 Å². The second kappa shape index (κ2) is 7.91. The quantitative estimate of drug-likeness (QED) is 0.787. The molecule has 2 N–H and O–H groups in total. The molecule has 0 fully saturated rings. The van der Waals surface area contributed by atoms with Gasteiger partial charge in [-0.3, -0.25) is 9.59 Å². The average Bonchev–Trinajstić information content (AvgIpc) is 2.89. The van der Waals surface area contributed by atoms with E-state index in [1.165, 1.54) is 16.2 Å². The van der Waals surface area contributed by atoms with Crippen LogP contribution >= 0.6 is 11.3 Å². The Labute approximate surface area is 117 Å². The topological polar surface area (TPSA) is 69.6 Å². The van der Waals surface area contributed by atoms with Gasteiger partial charge in [-0.2, -0.15) is 0 Å². The number of carbonyl (C=O) groups excluding carboxylic acids is 2. The second-order valence-electron chi connectivity index (χ2n) is 4.39. The van der Waals surface area contributed by atoms with Crippen LogP contribution in [0.15, 0.2) is 17.5 Å². The van der Waals surface area contributed by atoms with Gasteiger partial charge in [0.05, 0.1) is 17.5 Å². The first-order valence-electron chi connectivity index (χ1n) is 6.28. The van der Waals surface area contributed by atoms with Crippen molar-refractivity contribution in [3.63, 3.8) is 0 Å². The minimum atomic E-state index is -0.521. The van der Waals surface area contributed by atoms with Crippen LogP contribution in [0.3, 0.4) is 0 Å². The van der Waals surface area contributed by atoms with Crippen LogP contribution in [0.1, 0.15) is 29.4 Å². The van der Waals surface area contributed by atoms with Crippen LogP contribution in [0.2, 0.25) is 0 Å². The number of nitrogens with one attached hydrogen (secondary N) is 1. The molecule has 0 aromatic carbocycles. The van der Waals surface area contributed by atoms with Gasteiger partial charge in [0.15, 0.2) is 0 Å². The summed E-state index contributed by atoms with van der Waals surface area (Å²) in [5.74, 6) is -0.429. The van der Waals surface area contributed by atoms with Gasteiger partial charge in [-0.1, -0.05) is 19.4 Å². The first-order chi connectivity index (χ1) is 9.04. The smallest absolute Gasteiger partial charge is 0.264 e. The molecule has 0 saturated carbocycles. The molecule has 0 aliphatic heterocycles. The number of nitrogens with zero attached hydrogens (tertiary/aromatic N) is 1. The number of aliphatic hydroxyl groups excluding tert-OH is 1. The van der Waals surface area contributed by atoms with Gasteiger partial charge in [0.1, 0.15) is 0 Å². The fourth-order valence-corrected chi connectivity index (χ4v) is 2.32. The number of likely N-dealkylation sites (N-methyl/N-ethyl adjacent to an activating group) is 1. The maximum absolute atomic E-state index is 11.9. The Morgan fingerprint density at radius 3 is 2.84 bits per heavy atom. The highest BCUT2D eigenvalue weighted by atomic mass is 32.1. The highest BCUT2D eigenvalue weighted by Crippen LogP contribution is 2.10. The molecule has 1 aromatic heterocycles. The Balaban J connectivity index is 2.34. The number of carbonyl (C=O) groups is 2. The number of amides is 2. The molecule has 1 heterocycles. The molecule has 0 spiro atoms. The van der Waals surface area contributed by atoms with Crippen molar-refractivity contribution in [2.75, 3.05) is 20.1 Å². The maximum atomic E-state index is 11.9. The van der Waals surface area contributed by atoms with E-state index >= 15 is 0 Å². The van der Waals surface area contributed by atoms with Crippen LogP contribution in [0.4, 0.5) is 0 Å². The highest BCUT2D eigenvalue weighted by molar-refractivity contribution is 7.12. The summed E-state index contributed by atoms with van der Waals surface area (Å²) in [7, 11) is 1.59. The van der Waals surface area contributed by atoms with Crippen molar-refractivity contribution >= 4 is 23.2 Å². The lowest BCUT2D eigenvalue weighted by molar-refractivity contribution is -0.122. The van der Waals surface area contributed by atoms with Crippen molar-refractivity contribution < 1.29 is 14.7 Å². The van der Waals surface area contributed by atoms with E-state index in [2.05, 4.69) is 5.32 Å². The lowest BCUT2D eigenvalue weighted by atomic mass is 10.2. The Kier molecular flexibility index (Phi) is 6.52. The zero-order valence-corrected chi connectivity index (χ0v) is 12.1. The van der Waals surface area contributed by atoms with Gasteiger partial charge in [0, 0.05) is 13.6 Å². The summed E-state index contributed by atoms with van der Waals surface area (Å²) >= 11 is 1.35. The molecule has 1 unspecified atom stereocenters. The monoisotopic (exact) mass is 284 g/mol. The number of hydrogen-bond donors (Lipinski definition) is 2. The Morgan fingerprint density at radius 1 is 1.53 bits per heavy atom. The van der Waals surface area contributed by atoms with E-state index in [4.69, 9.17) is 0 Å². The van der Waals surface area contributed by atoms with Crippen LogP contribution in [-0.2, 0) is 4.79 Å². The molecule has 1 atom stereocenters. The Morgan fingerprint density at radius 2 is 2.26 bits per heavy atom. The molecule has 0 radical (unpaired) electrons. The summed E-state index contributed by atoms with van der Waals surface area (Å²) in [4.78, 5) is 25.5. The Hall–Kier alpha value is -1.40. The van der Waals surface area contributed by atoms with E-state index in [-0.39, 0.29) is 24.9 Å². The molecule has 0 saturated heterocycles. The fraction of sp³-hybridized carbons (Fsp3) is 0.538. The molecule has 0 bridgehead atoms. The third kappa shape index (κ3) is 5.40. The molecule has 0 aliphatic carbocycles. The predicted molar refractivity (Wildman–Crippen MR) is 75.2 cm³/mol. The zero-order chi connectivity index (χ0) is 14.3. The van der Waals surface area contributed by atoms with E-state index in [1.807, 2.05) is 12.3 Å². The summed E-state index contributed by atoms with van der Waals surface area (Å²) in [6, 6.07) is 3.53. The summed E-state index contributed by atoms with van der Waals surface area (Å²) in [6.45, 7) is 2.20. The van der Waals surface area contributed by atoms with Gasteiger partial charge in [0.2, 0.25) is 5.91 Å². The first-order valence-corrected chi connectivity index (χ1v) is 7.16. The third-order valence-corrected chi connectivity index (χ3v) is 3.47. The molecule has 1 aromatic rings. The zero-order valence-electron chi connectivity index (χ0n) is 11.3. The highest BCUT2D eigenvalue weighted by Gasteiger charge is 2.15. The minimum absolute atomic E-state index is 0.00439.